The van der Waals surface area contributed by atoms with E-state index in [4.69, 9.17) is 5.11 Å². The fourth-order valence-corrected chi connectivity index (χ4v) is 3.30. The molecule has 7 heteroatoms. The van der Waals surface area contributed by atoms with Gasteiger partial charge in [0.25, 0.3) is 10.1 Å². The molecular weight excluding hydrogens is 244 g/mol. The molecule has 17 heavy (non-hydrogen) atoms. The fourth-order valence-electron chi connectivity index (χ4n) is 2.18. The van der Waals surface area contributed by atoms with Gasteiger partial charge >= 0.3 is 0 Å². The van der Waals surface area contributed by atoms with Crippen LogP contribution in [0.3, 0.4) is 0 Å². The summed E-state index contributed by atoms with van der Waals surface area (Å²) in [7, 11) is -4.00. The molecule has 0 aromatic rings. The minimum absolute atomic E-state index is 0.122. The van der Waals surface area contributed by atoms with Crippen molar-refractivity contribution in [2.24, 2.45) is 0 Å². The standard InChI is InChI=1S/C10H22N2O4S/c1-2-3-10(17(14,15)16)12-6-4-11(5-7-12)8-9-13/h10,13H,2-9H2,1H3,(H,14,15,16). The Morgan fingerprint density at radius 3 is 2.24 bits per heavy atom. The van der Waals surface area contributed by atoms with E-state index in [1.54, 1.807) is 0 Å². The number of rotatable bonds is 6. The zero-order valence-electron chi connectivity index (χ0n) is 10.2. The van der Waals surface area contributed by atoms with Crippen molar-refractivity contribution in [1.82, 2.24) is 9.80 Å². The molecule has 2 N–H and O–H groups in total. The molecule has 6 nitrogen and oxygen atoms in total. The number of nitrogens with zero attached hydrogens (tertiary/aromatic N) is 2. The zero-order chi connectivity index (χ0) is 12.9. The van der Waals surface area contributed by atoms with Crippen LogP contribution in [0.4, 0.5) is 0 Å². The average molecular weight is 266 g/mol. The highest BCUT2D eigenvalue weighted by atomic mass is 32.2. The molecule has 0 bridgehead atoms. The summed E-state index contributed by atoms with van der Waals surface area (Å²) in [5.41, 5.74) is 0. The lowest BCUT2D eigenvalue weighted by Gasteiger charge is -2.37. The van der Waals surface area contributed by atoms with Crippen molar-refractivity contribution in [2.75, 3.05) is 39.3 Å². The van der Waals surface area contributed by atoms with Crippen LogP contribution >= 0.6 is 0 Å². The first-order valence-electron chi connectivity index (χ1n) is 6.02. The number of aliphatic hydroxyl groups excluding tert-OH is 1. The van der Waals surface area contributed by atoms with Crippen molar-refractivity contribution in [3.8, 4) is 0 Å². The molecule has 1 heterocycles. The predicted octanol–water partition coefficient (Wildman–Crippen LogP) is -0.390. The highest BCUT2D eigenvalue weighted by molar-refractivity contribution is 7.86. The van der Waals surface area contributed by atoms with Gasteiger partial charge < -0.3 is 5.11 Å². The third kappa shape index (κ3) is 4.51. The fraction of sp³-hybridized carbons (Fsp3) is 1.00. The Morgan fingerprint density at radius 1 is 1.24 bits per heavy atom. The summed E-state index contributed by atoms with van der Waals surface area (Å²) in [6, 6.07) is 0. The van der Waals surface area contributed by atoms with Gasteiger partial charge in [-0.2, -0.15) is 8.42 Å². The Morgan fingerprint density at radius 2 is 1.82 bits per heavy atom. The molecule has 0 aromatic carbocycles. The van der Waals surface area contributed by atoms with Crippen LogP contribution in [-0.2, 0) is 10.1 Å². The highest BCUT2D eigenvalue weighted by Gasteiger charge is 2.31. The molecular formula is C10H22N2O4S. The van der Waals surface area contributed by atoms with Gasteiger partial charge in [0.15, 0.2) is 0 Å². The lowest BCUT2D eigenvalue weighted by atomic mass is 10.2. The van der Waals surface area contributed by atoms with Crippen molar-refractivity contribution in [3.05, 3.63) is 0 Å². The first-order chi connectivity index (χ1) is 7.99. The number of piperazine rings is 1. The minimum atomic E-state index is -4.00. The SMILES string of the molecule is CCCC(N1CCN(CCO)CC1)S(=O)(=O)O. The van der Waals surface area contributed by atoms with E-state index in [1.165, 1.54) is 0 Å². The van der Waals surface area contributed by atoms with E-state index in [0.717, 1.165) is 19.5 Å². The molecule has 1 aliphatic heterocycles. The zero-order valence-corrected chi connectivity index (χ0v) is 11.1. The Balaban J connectivity index is 2.55. The summed E-state index contributed by atoms with van der Waals surface area (Å²) >= 11 is 0. The minimum Gasteiger partial charge on any atom is -0.395 e. The monoisotopic (exact) mass is 266 g/mol. The van der Waals surface area contributed by atoms with Gasteiger partial charge in [-0.05, 0) is 6.42 Å². The molecule has 0 radical (unpaired) electrons. The summed E-state index contributed by atoms with van der Waals surface area (Å²) in [5.74, 6) is 0. The van der Waals surface area contributed by atoms with Gasteiger partial charge in [-0.3, -0.25) is 14.4 Å². The molecule has 1 unspecified atom stereocenters. The van der Waals surface area contributed by atoms with Crippen LogP contribution in [0, 0.1) is 0 Å². The Bertz CT molecular complexity index is 312. The van der Waals surface area contributed by atoms with Crippen LogP contribution in [0.1, 0.15) is 19.8 Å². The normalized spacial score (nSPS) is 21.6. The van der Waals surface area contributed by atoms with Crippen LogP contribution in [0.2, 0.25) is 0 Å². The van der Waals surface area contributed by atoms with Gasteiger partial charge in [0.1, 0.15) is 5.37 Å². The number of β-amino-alcohol motifs (C(OH)–C–C–N with tert-alkyl or cyclic N) is 1. The summed E-state index contributed by atoms with van der Waals surface area (Å²) in [6.45, 7) is 5.34. The number of aliphatic hydroxyl groups is 1. The predicted molar refractivity (Wildman–Crippen MR) is 65.3 cm³/mol. The molecule has 102 valence electrons. The van der Waals surface area contributed by atoms with Gasteiger partial charge in [-0.25, -0.2) is 0 Å². The topological polar surface area (TPSA) is 81.1 Å². The molecule has 1 saturated heterocycles. The molecule has 0 amide bonds. The van der Waals surface area contributed by atoms with Crippen molar-refractivity contribution in [1.29, 1.82) is 0 Å². The second kappa shape index (κ2) is 6.65. The van der Waals surface area contributed by atoms with Crippen LogP contribution in [0.25, 0.3) is 0 Å². The second-order valence-corrected chi connectivity index (χ2v) is 5.93. The molecule has 1 aliphatic rings. The van der Waals surface area contributed by atoms with Crippen LogP contribution in [0.15, 0.2) is 0 Å². The third-order valence-electron chi connectivity index (χ3n) is 3.11. The molecule has 0 aromatic heterocycles. The van der Waals surface area contributed by atoms with Gasteiger partial charge in [0.05, 0.1) is 6.61 Å². The van der Waals surface area contributed by atoms with Crippen LogP contribution < -0.4 is 0 Å². The summed E-state index contributed by atoms with van der Waals surface area (Å²) < 4.78 is 31.8. The summed E-state index contributed by atoms with van der Waals surface area (Å²) in [5, 5.41) is 8.04. The molecule has 0 spiro atoms. The molecule has 0 saturated carbocycles. The van der Waals surface area contributed by atoms with Crippen molar-refractivity contribution >= 4 is 10.1 Å². The Hall–Kier alpha value is -0.210. The summed E-state index contributed by atoms with van der Waals surface area (Å²) in [6.07, 6.45) is 1.18. The maximum atomic E-state index is 11.3. The van der Waals surface area contributed by atoms with Crippen LogP contribution in [-0.4, -0.2) is 72.6 Å². The lowest BCUT2D eigenvalue weighted by molar-refractivity contribution is 0.0990. The van der Waals surface area contributed by atoms with Gasteiger partial charge in [-0.15, -0.1) is 0 Å². The van der Waals surface area contributed by atoms with Crippen molar-refractivity contribution < 1.29 is 18.1 Å². The van der Waals surface area contributed by atoms with Crippen LogP contribution in [0.5, 0.6) is 0 Å². The smallest absolute Gasteiger partial charge is 0.281 e. The molecule has 1 rings (SSSR count). The second-order valence-electron chi connectivity index (χ2n) is 4.36. The molecule has 1 fully saturated rings. The number of hydrogen-bond acceptors (Lipinski definition) is 5. The van der Waals surface area contributed by atoms with E-state index in [9.17, 15) is 13.0 Å². The quantitative estimate of drug-likeness (QED) is 0.637. The summed E-state index contributed by atoms with van der Waals surface area (Å²) in [4.78, 5) is 3.90. The largest absolute Gasteiger partial charge is 0.395 e. The van der Waals surface area contributed by atoms with E-state index in [2.05, 4.69) is 4.90 Å². The maximum absolute atomic E-state index is 11.3. The van der Waals surface area contributed by atoms with Crippen molar-refractivity contribution in [3.63, 3.8) is 0 Å². The van der Waals surface area contributed by atoms with E-state index in [0.29, 0.717) is 26.1 Å². The number of hydrogen-bond donors (Lipinski definition) is 2. The highest BCUT2D eigenvalue weighted by Crippen LogP contribution is 2.15. The first kappa shape index (κ1) is 14.8. The first-order valence-corrected chi connectivity index (χ1v) is 7.53. The Labute approximate surface area is 103 Å². The average Bonchev–Trinajstić information content (AvgIpc) is 2.26. The van der Waals surface area contributed by atoms with E-state index < -0.39 is 15.5 Å². The van der Waals surface area contributed by atoms with E-state index >= 15 is 0 Å². The molecule has 0 aliphatic carbocycles. The van der Waals surface area contributed by atoms with Crippen molar-refractivity contribution in [2.45, 2.75) is 25.1 Å². The molecule has 1 atom stereocenters. The Kier molecular flexibility index (Phi) is 5.81. The van der Waals surface area contributed by atoms with E-state index in [-0.39, 0.29) is 6.61 Å². The maximum Gasteiger partial charge on any atom is 0.281 e. The van der Waals surface area contributed by atoms with E-state index in [1.807, 2.05) is 11.8 Å². The third-order valence-corrected chi connectivity index (χ3v) is 4.33. The van der Waals surface area contributed by atoms with Gasteiger partial charge in [0.2, 0.25) is 0 Å². The lowest BCUT2D eigenvalue weighted by Crippen LogP contribution is -2.52. The van der Waals surface area contributed by atoms with Gasteiger partial charge in [-0.1, -0.05) is 13.3 Å². The van der Waals surface area contributed by atoms with Gasteiger partial charge in [0, 0.05) is 32.7 Å².